The number of terminal acetylenes is 1. The van der Waals surface area contributed by atoms with Gasteiger partial charge >= 0.3 is 0 Å². The maximum Gasteiger partial charge on any atom is 0.161 e. The summed E-state index contributed by atoms with van der Waals surface area (Å²) in [6, 6.07) is 6.61. The zero-order valence-electron chi connectivity index (χ0n) is 10.9. The summed E-state index contributed by atoms with van der Waals surface area (Å²) in [4.78, 5) is 0. The van der Waals surface area contributed by atoms with Gasteiger partial charge in [-0.3, -0.25) is 0 Å². The molecule has 2 atom stereocenters. The summed E-state index contributed by atoms with van der Waals surface area (Å²) in [5.74, 6) is 4.33. The van der Waals surface area contributed by atoms with Crippen LogP contribution in [0.5, 0.6) is 11.5 Å². The molecule has 1 heterocycles. The summed E-state index contributed by atoms with van der Waals surface area (Å²) >= 11 is 0. The van der Waals surface area contributed by atoms with E-state index < -0.39 is 0 Å². The molecule has 0 fully saturated rings. The first-order valence-electron chi connectivity index (χ1n) is 6.29. The van der Waals surface area contributed by atoms with Crippen molar-refractivity contribution in [3.05, 3.63) is 23.8 Å². The summed E-state index contributed by atoms with van der Waals surface area (Å²) in [7, 11) is 0. The largest absolute Gasteiger partial charge is 0.486 e. The zero-order chi connectivity index (χ0) is 13.0. The Morgan fingerprint density at radius 3 is 2.72 bits per heavy atom. The Morgan fingerprint density at radius 2 is 2.00 bits per heavy atom. The molecule has 2 unspecified atom stereocenters. The predicted molar refractivity (Wildman–Crippen MR) is 71.9 cm³/mol. The molecule has 1 N–H and O–H groups in total. The van der Waals surface area contributed by atoms with E-state index in [0.717, 1.165) is 17.9 Å². The van der Waals surface area contributed by atoms with E-state index in [2.05, 4.69) is 31.2 Å². The molecule has 18 heavy (non-hydrogen) atoms. The highest BCUT2D eigenvalue weighted by molar-refractivity contribution is 5.44. The second-order valence-electron chi connectivity index (χ2n) is 4.60. The van der Waals surface area contributed by atoms with E-state index in [1.807, 2.05) is 12.1 Å². The van der Waals surface area contributed by atoms with Crippen molar-refractivity contribution in [3.63, 3.8) is 0 Å². The second-order valence-corrected chi connectivity index (χ2v) is 4.60. The predicted octanol–water partition coefficient (Wildman–Crippen LogP) is 2.52. The Balaban J connectivity index is 2.06. The van der Waals surface area contributed by atoms with E-state index >= 15 is 0 Å². The lowest BCUT2D eigenvalue weighted by atomic mass is 10.1. The van der Waals surface area contributed by atoms with Gasteiger partial charge in [0.1, 0.15) is 13.2 Å². The average Bonchev–Trinajstić information content (AvgIpc) is 2.38. The van der Waals surface area contributed by atoms with E-state index in [1.54, 1.807) is 0 Å². The molecule has 3 nitrogen and oxygen atoms in total. The molecule has 2 rings (SSSR count). The van der Waals surface area contributed by atoms with Crippen molar-refractivity contribution in [2.45, 2.75) is 32.4 Å². The standard InChI is InChI=1S/C15H19NO2/c1-4-5-11(2)16-12(3)13-6-7-14-15(10-13)18-9-8-17-14/h1,6-7,10-12,16H,5,8-9H2,2-3H3. The minimum absolute atomic E-state index is 0.240. The topological polar surface area (TPSA) is 30.5 Å². The average molecular weight is 245 g/mol. The second kappa shape index (κ2) is 5.79. The molecular formula is C15H19NO2. The van der Waals surface area contributed by atoms with Gasteiger partial charge in [-0.25, -0.2) is 0 Å². The van der Waals surface area contributed by atoms with Gasteiger partial charge in [-0.05, 0) is 31.5 Å². The van der Waals surface area contributed by atoms with Crippen LogP contribution in [0.1, 0.15) is 31.9 Å². The van der Waals surface area contributed by atoms with E-state index in [1.165, 1.54) is 5.56 Å². The van der Waals surface area contributed by atoms with Gasteiger partial charge in [0.15, 0.2) is 11.5 Å². The number of rotatable bonds is 4. The molecule has 0 saturated heterocycles. The maximum absolute atomic E-state index is 5.58. The number of hydrogen-bond acceptors (Lipinski definition) is 3. The number of ether oxygens (including phenoxy) is 2. The Hall–Kier alpha value is -1.66. The fourth-order valence-electron chi connectivity index (χ4n) is 2.09. The quantitative estimate of drug-likeness (QED) is 0.827. The van der Waals surface area contributed by atoms with Gasteiger partial charge in [-0.1, -0.05) is 6.07 Å². The van der Waals surface area contributed by atoms with Gasteiger partial charge in [-0.15, -0.1) is 12.3 Å². The van der Waals surface area contributed by atoms with Crippen molar-refractivity contribution in [2.75, 3.05) is 13.2 Å². The maximum atomic E-state index is 5.58. The van der Waals surface area contributed by atoms with Crippen molar-refractivity contribution in [1.82, 2.24) is 5.32 Å². The zero-order valence-corrected chi connectivity index (χ0v) is 10.9. The highest BCUT2D eigenvalue weighted by Crippen LogP contribution is 2.32. The Morgan fingerprint density at radius 1 is 1.28 bits per heavy atom. The molecule has 1 aromatic rings. The Labute approximate surface area is 108 Å². The molecule has 0 spiro atoms. The van der Waals surface area contributed by atoms with Crippen LogP contribution in [0.25, 0.3) is 0 Å². The molecule has 0 radical (unpaired) electrons. The normalized spacial score (nSPS) is 16.7. The molecule has 0 saturated carbocycles. The van der Waals surface area contributed by atoms with E-state index in [0.29, 0.717) is 19.3 Å². The third kappa shape index (κ3) is 2.96. The minimum atomic E-state index is 0.240. The molecule has 96 valence electrons. The minimum Gasteiger partial charge on any atom is -0.486 e. The smallest absolute Gasteiger partial charge is 0.161 e. The monoisotopic (exact) mass is 245 g/mol. The van der Waals surface area contributed by atoms with E-state index in [9.17, 15) is 0 Å². The van der Waals surface area contributed by atoms with Crippen LogP contribution in [0.2, 0.25) is 0 Å². The highest BCUT2D eigenvalue weighted by Gasteiger charge is 2.15. The summed E-state index contributed by atoms with van der Waals surface area (Å²) in [6.07, 6.45) is 6.04. The van der Waals surface area contributed by atoms with Crippen LogP contribution in [0.3, 0.4) is 0 Å². The van der Waals surface area contributed by atoms with Crippen molar-refractivity contribution in [2.24, 2.45) is 0 Å². The van der Waals surface area contributed by atoms with Crippen LogP contribution in [-0.4, -0.2) is 19.3 Å². The first-order chi connectivity index (χ1) is 8.70. The van der Waals surface area contributed by atoms with Crippen LogP contribution >= 0.6 is 0 Å². The van der Waals surface area contributed by atoms with Crippen molar-refractivity contribution in [1.29, 1.82) is 0 Å². The Kier molecular flexibility index (Phi) is 4.11. The van der Waals surface area contributed by atoms with Crippen LogP contribution < -0.4 is 14.8 Å². The third-order valence-electron chi connectivity index (χ3n) is 3.02. The van der Waals surface area contributed by atoms with Gasteiger partial charge in [0.2, 0.25) is 0 Å². The lowest BCUT2D eigenvalue weighted by Crippen LogP contribution is -2.28. The molecule has 0 aliphatic carbocycles. The van der Waals surface area contributed by atoms with Gasteiger partial charge < -0.3 is 14.8 Å². The summed E-state index contributed by atoms with van der Waals surface area (Å²) in [6.45, 7) is 5.46. The fraction of sp³-hybridized carbons (Fsp3) is 0.467. The fourth-order valence-corrected chi connectivity index (χ4v) is 2.09. The van der Waals surface area contributed by atoms with Gasteiger partial charge in [0.25, 0.3) is 0 Å². The SMILES string of the molecule is C#CCC(C)NC(C)c1ccc2c(c1)OCCO2. The molecule has 0 bridgehead atoms. The van der Waals surface area contributed by atoms with Crippen molar-refractivity contribution >= 4 is 0 Å². The summed E-state index contributed by atoms with van der Waals surface area (Å²) < 4.78 is 11.1. The first kappa shape index (κ1) is 12.8. The number of fused-ring (bicyclic) bond motifs is 1. The molecule has 1 aromatic carbocycles. The van der Waals surface area contributed by atoms with E-state index in [-0.39, 0.29) is 6.04 Å². The Bertz CT molecular complexity index is 450. The van der Waals surface area contributed by atoms with Crippen LogP contribution in [0.4, 0.5) is 0 Å². The third-order valence-corrected chi connectivity index (χ3v) is 3.02. The van der Waals surface area contributed by atoms with Gasteiger partial charge in [0.05, 0.1) is 0 Å². The number of hydrogen-bond donors (Lipinski definition) is 1. The summed E-state index contributed by atoms with van der Waals surface area (Å²) in [5.41, 5.74) is 1.18. The van der Waals surface area contributed by atoms with Crippen LogP contribution in [-0.2, 0) is 0 Å². The molecule has 1 aliphatic heterocycles. The van der Waals surface area contributed by atoms with Gasteiger partial charge in [-0.2, -0.15) is 0 Å². The van der Waals surface area contributed by atoms with Crippen molar-refractivity contribution in [3.8, 4) is 23.8 Å². The van der Waals surface area contributed by atoms with Gasteiger partial charge in [0, 0.05) is 18.5 Å². The molecule has 0 aromatic heterocycles. The van der Waals surface area contributed by atoms with Crippen LogP contribution in [0, 0.1) is 12.3 Å². The van der Waals surface area contributed by atoms with Crippen molar-refractivity contribution < 1.29 is 9.47 Å². The molecule has 3 heteroatoms. The first-order valence-corrected chi connectivity index (χ1v) is 6.29. The highest BCUT2D eigenvalue weighted by atomic mass is 16.6. The number of benzene rings is 1. The lowest BCUT2D eigenvalue weighted by Gasteiger charge is -2.22. The number of nitrogens with one attached hydrogen (secondary N) is 1. The molecule has 0 amide bonds. The summed E-state index contributed by atoms with van der Waals surface area (Å²) in [5, 5.41) is 3.46. The molecule has 1 aliphatic rings. The van der Waals surface area contributed by atoms with E-state index in [4.69, 9.17) is 15.9 Å². The lowest BCUT2D eigenvalue weighted by molar-refractivity contribution is 0.171. The van der Waals surface area contributed by atoms with Crippen LogP contribution in [0.15, 0.2) is 18.2 Å². The molecular weight excluding hydrogens is 226 g/mol.